The molecule has 0 unspecified atom stereocenters. The topological polar surface area (TPSA) is 113 Å². The minimum absolute atomic E-state index is 0.144. The first kappa shape index (κ1) is 12.8. The van der Waals surface area contributed by atoms with E-state index in [2.05, 4.69) is 5.32 Å². The van der Waals surface area contributed by atoms with Gasteiger partial charge in [-0.1, -0.05) is 0 Å². The molecule has 2 amide bonds. The molecule has 1 aliphatic rings. The average molecular weight is 267 g/mol. The van der Waals surface area contributed by atoms with Gasteiger partial charge in [0, 0.05) is 5.69 Å². The Morgan fingerprint density at radius 3 is 2.42 bits per heavy atom. The number of nitrogens with zero attached hydrogens (tertiary/aromatic N) is 1. The quantitative estimate of drug-likeness (QED) is 0.495. The van der Waals surface area contributed by atoms with E-state index in [0.29, 0.717) is 0 Å². The van der Waals surface area contributed by atoms with Gasteiger partial charge < -0.3 is 15.7 Å². The minimum Gasteiger partial charge on any atom is -0.478 e. The monoisotopic (exact) mass is 267 g/mol. The molecule has 2 rings (SSSR count). The first-order valence-electron chi connectivity index (χ1n) is 5.28. The summed E-state index contributed by atoms with van der Waals surface area (Å²) in [6.07, 6.45) is 0. The van der Waals surface area contributed by atoms with Crippen LogP contribution >= 0.6 is 0 Å². The molecule has 1 heterocycles. The van der Waals surface area contributed by atoms with E-state index in [1.807, 2.05) is 0 Å². The highest BCUT2D eigenvalue weighted by Crippen LogP contribution is 2.26. The third kappa shape index (κ3) is 2.46. The third-order valence-electron chi connectivity index (χ3n) is 2.64. The van der Waals surface area contributed by atoms with Gasteiger partial charge in [0.05, 0.1) is 24.3 Å². The molecule has 0 bridgehead atoms. The first-order valence-corrected chi connectivity index (χ1v) is 5.28. The number of carbonyl (C=O) groups is 3. The van der Waals surface area contributed by atoms with Gasteiger partial charge in [-0.3, -0.25) is 14.9 Å². The summed E-state index contributed by atoms with van der Waals surface area (Å²) in [5, 5.41) is 11.0. The highest BCUT2D eigenvalue weighted by atomic mass is 19.1. The molecule has 0 saturated carbocycles. The zero-order valence-corrected chi connectivity index (χ0v) is 9.64. The number of rotatable bonds is 2. The highest BCUT2D eigenvalue weighted by Gasteiger charge is 2.26. The second-order valence-electron chi connectivity index (χ2n) is 4.02. The van der Waals surface area contributed by atoms with Crippen LogP contribution in [0.1, 0.15) is 10.4 Å². The van der Waals surface area contributed by atoms with Crippen molar-refractivity contribution in [1.29, 1.82) is 0 Å². The summed E-state index contributed by atoms with van der Waals surface area (Å²) >= 11 is 0. The van der Waals surface area contributed by atoms with Gasteiger partial charge in [-0.25, -0.2) is 9.18 Å². The van der Waals surface area contributed by atoms with Crippen LogP contribution < -0.4 is 16.0 Å². The molecule has 19 heavy (non-hydrogen) atoms. The number of nitrogens with one attached hydrogen (secondary N) is 1. The molecule has 0 radical (unpaired) electrons. The second kappa shape index (κ2) is 4.56. The normalized spacial score (nSPS) is 15.3. The molecular formula is C11H10FN3O4. The van der Waals surface area contributed by atoms with Gasteiger partial charge in [0.1, 0.15) is 5.82 Å². The van der Waals surface area contributed by atoms with Crippen LogP contribution in [0.5, 0.6) is 0 Å². The number of nitrogens with two attached hydrogens (primary N) is 1. The lowest BCUT2D eigenvalue weighted by Crippen LogP contribution is -2.51. The van der Waals surface area contributed by atoms with Crippen molar-refractivity contribution in [2.45, 2.75) is 0 Å². The number of aromatic carboxylic acids is 1. The van der Waals surface area contributed by atoms with Gasteiger partial charge in [0.15, 0.2) is 0 Å². The molecule has 1 fully saturated rings. The van der Waals surface area contributed by atoms with Crippen molar-refractivity contribution in [3.8, 4) is 0 Å². The summed E-state index contributed by atoms with van der Waals surface area (Å²) in [4.78, 5) is 34.5. The number of amides is 2. The number of carboxylic acids is 1. The highest BCUT2D eigenvalue weighted by molar-refractivity contribution is 6.03. The van der Waals surface area contributed by atoms with E-state index in [0.717, 1.165) is 17.0 Å². The van der Waals surface area contributed by atoms with Crippen LogP contribution in [0.4, 0.5) is 15.8 Å². The standard InChI is InChI=1S/C11H10FN3O4/c12-6-2-7(13)5(11(18)19)1-8(6)15-3-9(16)14-10(17)4-15/h1-2H,3-4,13H2,(H,18,19)(H,14,16,17). The molecular weight excluding hydrogens is 257 g/mol. The maximum atomic E-state index is 13.8. The average Bonchev–Trinajstić information content (AvgIpc) is 2.26. The number of piperazine rings is 1. The van der Waals surface area contributed by atoms with E-state index in [1.54, 1.807) is 0 Å². The van der Waals surface area contributed by atoms with Crippen molar-refractivity contribution >= 4 is 29.2 Å². The van der Waals surface area contributed by atoms with Crippen LogP contribution in [0, 0.1) is 5.82 Å². The number of nitrogen functional groups attached to an aromatic ring is 1. The summed E-state index contributed by atoms with van der Waals surface area (Å²) in [5.74, 6) is -3.26. The van der Waals surface area contributed by atoms with E-state index < -0.39 is 23.6 Å². The van der Waals surface area contributed by atoms with Crippen LogP contribution in [0.15, 0.2) is 12.1 Å². The van der Waals surface area contributed by atoms with Gasteiger partial charge in [-0.2, -0.15) is 0 Å². The summed E-state index contributed by atoms with van der Waals surface area (Å²) < 4.78 is 13.8. The fraction of sp³-hybridized carbons (Fsp3) is 0.182. The molecule has 100 valence electrons. The lowest BCUT2D eigenvalue weighted by Gasteiger charge is -2.28. The number of hydrogen-bond donors (Lipinski definition) is 3. The van der Waals surface area contributed by atoms with Gasteiger partial charge in [0.2, 0.25) is 11.8 Å². The van der Waals surface area contributed by atoms with Gasteiger partial charge in [-0.05, 0) is 12.1 Å². The van der Waals surface area contributed by atoms with Crippen molar-refractivity contribution in [3.63, 3.8) is 0 Å². The Morgan fingerprint density at radius 1 is 1.32 bits per heavy atom. The lowest BCUT2D eigenvalue weighted by molar-refractivity contribution is -0.130. The molecule has 0 aromatic heterocycles. The zero-order chi connectivity index (χ0) is 14.2. The maximum absolute atomic E-state index is 13.8. The number of hydrogen-bond acceptors (Lipinski definition) is 5. The number of anilines is 2. The van der Waals surface area contributed by atoms with Crippen molar-refractivity contribution < 1.29 is 23.9 Å². The Kier molecular flexibility index (Phi) is 3.07. The van der Waals surface area contributed by atoms with Crippen molar-refractivity contribution in [3.05, 3.63) is 23.5 Å². The number of imide groups is 1. The molecule has 1 aromatic carbocycles. The van der Waals surface area contributed by atoms with Crippen LogP contribution in [-0.4, -0.2) is 36.0 Å². The molecule has 4 N–H and O–H groups in total. The summed E-state index contributed by atoms with van der Waals surface area (Å²) in [6.45, 7) is -0.461. The fourth-order valence-electron chi connectivity index (χ4n) is 1.81. The molecule has 1 aromatic rings. The van der Waals surface area contributed by atoms with E-state index in [4.69, 9.17) is 10.8 Å². The SMILES string of the molecule is Nc1cc(F)c(N2CC(=O)NC(=O)C2)cc1C(=O)O. The molecule has 0 spiro atoms. The van der Waals surface area contributed by atoms with E-state index in [1.165, 1.54) is 0 Å². The van der Waals surface area contributed by atoms with Crippen molar-refractivity contribution in [2.75, 3.05) is 23.7 Å². The van der Waals surface area contributed by atoms with E-state index >= 15 is 0 Å². The Labute approximate surface area is 106 Å². The predicted octanol–water partition coefficient (Wildman–Crippen LogP) is -0.431. The van der Waals surface area contributed by atoms with Crippen LogP contribution in [0.3, 0.4) is 0 Å². The molecule has 1 saturated heterocycles. The van der Waals surface area contributed by atoms with Crippen LogP contribution in [0.25, 0.3) is 0 Å². The van der Waals surface area contributed by atoms with E-state index in [9.17, 15) is 18.8 Å². The Balaban J connectivity index is 2.44. The van der Waals surface area contributed by atoms with Gasteiger partial charge in [-0.15, -0.1) is 0 Å². The van der Waals surface area contributed by atoms with Gasteiger partial charge >= 0.3 is 5.97 Å². The summed E-state index contributed by atoms with van der Waals surface area (Å²) in [5.41, 5.74) is 4.74. The van der Waals surface area contributed by atoms with Crippen LogP contribution in [-0.2, 0) is 9.59 Å². The predicted molar refractivity (Wildman–Crippen MR) is 63.1 cm³/mol. The minimum atomic E-state index is -1.31. The molecule has 8 heteroatoms. The molecule has 0 aliphatic carbocycles. The fourth-order valence-corrected chi connectivity index (χ4v) is 1.81. The number of halogens is 1. The van der Waals surface area contributed by atoms with Crippen LogP contribution in [0.2, 0.25) is 0 Å². The molecule has 7 nitrogen and oxygen atoms in total. The third-order valence-corrected chi connectivity index (χ3v) is 2.64. The number of carbonyl (C=O) groups excluding carboxylic acids is 2. The Hall–Kier alpha value is -2.64. The first-order chi connectivity index (χ1) is 8.88. The van der Waals surface area contributed by atoms with Crippen molar-refractivity contribution in [2.24, 2.45) is 0 Å². The Bertz CT molecular complexity index is 572. The number of benzene rings is 1. The van der Waals surface area contributed by atoms with E-state index in [-0.39, 0.29) is 30.0 Å². The molecule has 0 atom stereocenters. The summed E-state index contributed by atoms with van der Waals surface area (Å²) in [7, 11) is 0. The maximum Gasteiger partial charge on any atom is 0.337 e. The lowest BCUT2D eigenvalue weighted by atomic mass is 10.1. The summed E-state index contributed by atoms with van der Waals surface area (Å²) in [6, 6.07) is 1.87. The largest absolute Gasteiger partial charge is 0.478 e. The zero-order valence-electron chi connectivity index (χ0n) is 9.64. The molecule has 1 aliphatic heterocycles. The second-order valence-corrected chi connectivity index (χ2v) is 4.02. The van der Waals surface area contributed by atoms with Gasteiger partial charge in [0.25, 0.3) is 0 Å². The van der Waals surface area contributed by atoms with Crippen molar-refractivity contribution in [1.82, 2.24) is 5.32 Å². The smallest absolute Gasteiger partial charge is 0.337 e. The number of carboxylic acid groups (broad SMARTS) is 1. The Morgan fingerprint density at radius 2 is 1.89 bits per heavy atom.